The number of aliphatic hydroxyl groups excluding tert-OH is 1. The van der Waals surface area contributed by atoms with Gasteiger partial charge >= 0.3 is 5.97 Å². The van der Waals surface area contributed by atoms with E-state index in [0.717, 1.165) is 13.0 Å². The molecule has 5 heteroatoms. The fourth-order valence-electron chi connectivity index (χ4n) is 2.78. The average molecular weight is 317 g/mol. The van der Waals surface area contributed by atoms with Crippen molar-refractivity contribution in [3.8, 4) is 0 Å². The highest BCUT2D eigenvalue weighted by Gasteiger charge is 2.24. The lowest BCUT2D eigenvalue weighted by Crippen LogP contribution is -2.30. The van der Waals surface area contributed by atoms with Crippen LogP contribution in [0.2, 0.25) is 0 Å². The number of carboxylic acids is 1. The van der Waals surface area contributed by atoms with E-state index in [-0.39, 0.29) is 5.56 Å². The summed E-state index contributed by atoms with van der Waals surface area (Å²) in [5.74, 6) is -1.03. The molecule has 0 amide bonds. The number of aliphatic hydroxyl groups is 1. The number of carboxylic acid groups (broad SMARTS) is 1. The number of aromatic carboxylic acids is 1. The molecule has 1 atom stereocenters. The van der Waals surface area contributed by atoms with E-state index < -0.39 is 12.1 Å². The first-order valence-electron chi connectivity index (χ1n) is 8.10. The summed E-state index contributed by atoms with van der Waals surface area (Å²) >= 11 is 0. The molecule has 2 rings (SSSR count). The van der Waals surface area contributed by atoms with Crippen LogP contribution in [0.4, 0.5) is 0 Å². The summed E-state index contributed by atoms with van der Waals surface area (Å²) in [4.78, 5) is 11.3. The van der Waals surface area contributed by atoms with Gasteiger partial charge in [-0.15, -0.1) is 0 Å². The quantitative estimate of drug-likeness (QED) is 0.581. The number of hydrogen-bond acceptors (Lipinski definition) is 2. The van der Waals surface area contributed by atoms with Crippen LogP contribution in [0, 0.1) is 0 Å². The van der Waals surface area contributed by atoms with Gasteiger partial charge in [-0.1, -0.05) is 38.0 Å². The maximum atomic E-state index is 11.3. The molecule has 0 aliphatic carbocycles. The van der Waals surface area contributed by atoms with E-state index in [2.05, 4.69) is 11.5 Å². The van der Waals surface area contributed by atoms with Crippen molar-refractivity contribution < 1.29 is 19.6 Å². The van der Waals surface area contributed by atoms with Gasteiger partial charge in [0, 0.05) is 5.56 Å². The van der Waals surface area contributed by atoms with Crippen molar-refractivity contribution in [3.05, 3.63) is 53.6 Å². The molecule has 23 heavy (non-hydrogen) atoms. The van der Waals surface area contributed by atoms with Gasteiger partial charge in [-0.25, -0.2) is 13.9 Å². The van der Waals surface area contributed by atoms with E-state index in [9.17, 15) is 15.0 Å². The zero-order chi connectivity index (χ0) is 16.8. The molecule has 2 N–H and O–H groups in total. The highest BCUT2D eigenvalue weighted by molar-refractivity contribution is 5.89. The Kier molecular flexibility index (Phi) is 5.93. The molecule has 0 fully saturated rings. The number of unbranched alkanes of at least 4 members (excludes halogenated alkanes) is 3. The van der Waals surface area contributed by atoms with Gasteiger partial charge in [0.25, 0.3) is 0 Å². The lowest BCUT2D eigenvalue weighted by atomic mass is 10.0. The average Bonchev–Trinajstić information content (AvgIpc) is 2.91. The summed E-state index contributed by atoms with van der Waals surface area (Å²) in [6.45, 7) is 3.09. The summed E-state index contributed by atoms with van der Waals surface area (Å²) in [6, 6.07) is 6.58. The van der Waals surface area contributed by atoms with Crippen LogP contribution >= 0.6 is 0 Å². The maximum absolute atomic E-state index is 11.3. The normalized spacial score (nSPS) is 12.3. The molecule has 0 spiro atoms. The third kappa shape index (κ3) is 4.20. The van der Waals surface area contributed by atoms with E-state index in [1.165, 1.54) is 25.3 Å². The van der Waals surface area contributed by atoms with Crippen molar-refractivity contribution in [2.45, 2.75) is 45.3 Å². The van der Waals surface area contributed by atoms with Crippen LogP contribution in [0.5, 0.6) is 0 Å². The standard InChI is InChI=1S/C18H24N2O3/c1-3-4-5-8-11-20-12-16(19(2)13-20)17(21)14-9-6-7-10-15(14)18(22)23/h6-7,9-10,12-13,17,21H,3-5,8,11H2,1-2H3/p+1. The van der Waals surface area contributed by atoms with Gasteiger partial charge < -0.3 is 10.2 Å². The Bertz CT molecular complexity index is 664. The van der Waals surface area contributed by atoms with Crippen LogP contribution < -0.4 is 4.57 Å². The molecule has 0 aliphatic heterocycles. The SMILES string of the molecule is CCCCCC[n+]1cc(C(O)c2ccccc2C(=O)O)n(C)c1. The molecular formula is C18H25N2O3+. The number of carbonyl (C=O) groups is 1. The van der Waals surface area contributed by atoms with Crippen LogP contribution in [0.15, 0.2) is 36.8 Å². The Morgan fingerprint density at radius 3 is 2.70 bits per heavy atom. The Labute approximate surface area is 136 Å². The first-order valence-corrected chi connectivity index (χ1v) is 8.10. The molecule has 1 aromatic carbocycles. The Morgan fingerprint density at radius 1 is 1.26 bits per heavy atom. The van der Waals surface area contributed by atoms with Crippen LogP contribution in [0.25, 0.3) is 0 Å². The van der Waals surface area contributed by atoms with E-state index >= 15 is 0 Å². The number of benzene rings is 1. The van der Waals surface area contributed by atoms with Crippen molar-refractivity contribution in [1.82, 2.24) is 4.57 Å². The summed E-state index contributed by atoms with van der Waals surface area (Å²) in [6.07, 6.45) is 7.61. The predicted octanol–water partition coefficient (Wildman–Crippen LogP) is 2.67. The second-order valence-electron chi connectivity index (χ2n) is 5.87. The summed E-state index contributed by atoms with van der Waals surface area (Å²) in [5, 5.41) is 19.9. The van der Waals surface area contributed by atoms with Crippen LogP contribution in [-0.2, 0) is 13.6 Å². The number of nitrogens with zero attached hydrogens (tertiary/aromatic N) is 2. The second kappa shape index (κ2) is 7.92. The largest absolute Gasteiger partial charge is 0.478 e. The summed E-state index contributed by atoms with van der Waals surface area (Å²) in [7, 11) is 1.87. The van der Waals surface area contributed by atoms with E-state index in [4.69, 9.17) is 0 Å². The van der Waals surface area contributed by atoms with Gasteiger partial charge in [-0.05, 0) is 18.9 Å². The molecular weight excluding hydrogens is 292 g/mol. The first-order chi connectivity index (χ1) is 11.0. The minimum atomic E-state index is -1.03. The number of imidazole rings is 1. The van der Waals surface area contributed by atoms with Crippen LogP contribution in [0.3, 0.4) is 0 Å². The molecule has 0 bridgehead atoms. The molecule has 0 saturated carbocycles. The van der Waals surface area contributed by atoms with Crippen LogP contribution in [0.1, 0.15) is 60.3 Å². The second-order valence-corrected chi connectivity index (χ2v) is 5.87. The summed E-state index contributed by atoms with van der Waals surface area (Å²) < 4.78 is 3.90. The molecule has 1 heterocycles. The van der Waals surface area contributed by atoms with E-state index in [1.54, 1.807) is 18.2 Å². The smallest absolute Gasteiger partial charge is 0.336 e. The van der Waals surface area contributed by atoms with Gasteiger partial charge in [-0.2, -0.15) is 0 Å². The monoisotopic (exact) mass is 317 g/mol. The zero-order valence-corrected chi connectivity index (χ0v) is 13.8. The number of hydrogen-bond donors (Lipinski definition) is 2. The Morgan fingerprint density at radius 2 is 2.00 bits per heavy atom. The van der Waals surface area contributed by atoms with E-state index in [1.807, 2.05) is 24.1 Å². The minimum absolute atomic E-state index is 0.135. The molecule has 0 aliphatic rings. The fourth-order valence-corrected chi connectivity index (χ4v) is 2.78. The van der Waals surface area contributed by atoms with Crippen molar-refractivity contribution in [3.63, 3.8) is 0 Å². The number of aryl methyl sites for hydroxylation is 2. The third-order valence-electron chi connectivity index (χ3n) is 4.06. The highest BCUT2D eigenvalue weighted by atomic mass is 16.4. The molecule has 0 radical (unpaired) electrons. The van der Waals surface area contributed by atoms with Crippen molar-refractivity contribution in [2.24, 2.45) is 7.05 Å². The molecule has 1 aromatic heterocycles. The number of rotatable bonds is 8. The van der Waals surface area contributed by atoms with Gasteiger partial charge in [0.1, 0.15) is 12.3 Å². The molecule has 5 nitrogen and oxygen atoms in total. The lowest BCUT2D eigenvalue weighted by Gasteiger charge is -2.10. The van der Waals surface area contributed by atoms with Gasteiger partial charge in [0.05, 0.1) is 19.2 Å². The zero-order valence-electron chi connectivity index (χ0n) is 13.8. The Hall–Kier alpha value is -2.14. The van der Waals surface area contributed by atoms with Gasteiger partial charge in [0.2, 0.25) is 6.33 Å². The predicted molar refractivity (Wildman–Crippen MR) is 87.2 cm³/mol. The van der Waals surface area contributed by atoms with Crippen molar-refractivity contribution in [2.75, 3.05) is 0 Å². The topological polar surface area (TPSA) is 66.3 Å². The third-order valence-corrected chi connectivity index (χ3v) is 4.06. The minimum Gasteiger partial charge on any atom is -0.478 e. The molecule has 0 saturated heterocycles. The number of aromatic nitrogens is 2. The lowest BCUT2D eigenvalue weighted by molar-refractivity contribution is -0.697. The highest BCUT2D eigenvalue weighted by Crippen LogP contribution is 2.24. The van der Waals surface area contributed by atoms with Gasteiger partial charge in [-0.3, -0.25) is 0 Å². The maximum Gasteiger partial charge on any atom is 0.336 e. The van der Waals surface area contributed by atoms with Crippen molar-refractivity contribution in [1.29, 1.82) is 0 Å². The van der Waals surface area contributed by atoms with E-state index in [0.29, 0.717) is 11.3 Å². The summed E-state index contributed by atoms with van der Waals surface area (Å²) in [5.41, 5.74) is 1.24. The molecule has 124 valence electrons. The van der Waals surface area contributed by atoms with Gasteiger partial charge in [0.15, 0.2) is 5.69 Å². The molecule has 2 aromatic rings. The first kappa shape index (κ1) is 17.2. The fraction of sp³-hybridized carbons (Fsp3) is 0.444. The Balaban J connectivity index is 2.18. The molecule has 1 unspecified atom stereocenters. The van der Waals surface area contributed by atoms with Crippen LogP contribution in [-0.4, -0.2) is 20.7 Å². The van der Waals surface area contributed by atoms with Crippen molar-refractivity contribution >= 4 is 5.97 Å².